The third kappa shape index (κ3) is 2.16. The van der Waals surface area contributed by atoms with Gasteiger partial charge in [-0.1, -0.05) is 29.8 Å². The summed E-state index contributed by atoms with van der Waals surface area (Å²) in [7, 11) is 0. The molecule has 0 spiro atoms. The summed E-state index contributed by atoms with van der Waals surface area (Å²) in [5, 5.41) is 8.46. The van der Waals surface area contributed by atoms with Gasteiger partial charge in [0.05, 0.1) is 13.1 Å². The van der Waals surface area contributed by atoms with Crippen molar-refractivity contribution in [3.8, 4) is 0 Å². The molecule has 1 heterocycles. The minimum absolute atomic E-state index is 0.379. The molecule has 0 radical (unpaired) electrons. The highest BCUT2D eigenvalue weighted by atomic mass is 35.5. The summed E-state index contributed by atoms with van der Waals surface area (Å²) in [5.41, 5.74) is 6.57. The second kappa shape index (κ2) is 4.42. The van der Waals surface area contributed by atoms with Crippen LogP contribution in [0.5, 0.6) is 0 Å². The number of halogens is 1. The van der Waals surface area contributed by atoms with Crippen LogP contribution < -0.4 is 5.73 Å². The second-order valence-electron chi connectivity index (χ2n) is 3.17. The van der Waals surface area contributed by atoms with Crippen molar-refractivity contribution < 1.29 is 0 Å². The highest BCUT2D eigenvalue weighted by Crippen LogP contribution is 2.16. The number of hydrogen-bond donors (Lipinski definition) is 1. The van der Waals surface area contributed by atoms with Crippen LogP contribution in [0.2, 0.25) is 5.02 Å². The monoisotopic (exact) mass is 222 g/mol. The first-order valence-electron chi connectivity index (χ1n) is 4.61. The normalized spacial score (nSPS) is 10.5. The fourth-order valence-corrected chi connectivity index (χ4v) is 1.57. The average Bonchev–Trinajstić information content (AvgIpc) is 2.69. The smallest absolute Gasteiger partial charge is 0.146 e. The zero-order chi connectivity index (χ0) is 10.7. The van der Waals surface area contributed by atoms with E-state index in [1.807, 2.05) is 28.8 Å². The molecule has 5 heteroatoms. The van der Waals surface area contributed by atoms with Gasteiger partial charge in [-0.05, 0) is 11.6 Å². The third-order valence-corrected chi connectivity index (χ3v) is 2.55. The molecule has 0 unspecified atom stereocenters. The Morgan fingerprint density at radius 2 is 2.13 bits per heavy atom. The zero-order valence-corrected chi connectivity index (χ0v) is 8.85. The van der Waals surface area contributed by atoms with Gasteiger partial charge in [0.15, 0.2) is 0 Å². The Balaban J connectivity index is 2.26. The Bertz CT molecular complexity index is 452. The zero-order valence-electron chi connectivity index (χ0n) is 8.10. The minimum atomic E-state index is 0.379. The summed E-state index contributed by atoms with van der Waals surface area (Å²) < 4.78 is 1.89. The molecule has 4 nitrogen and oxygen atoms in total. The van der Waals surface area contributed by atoms with Crippen LogP contribution in [-0.4, -0.2) is 14.8 Å². The van der Waals surface area contributed by atoms with Gasteiger partial charge in [-0.25, -0.2) is 0 Å². The summed E-state index contributed by atoms with van der Waals surface area (Å²) in [6.07, 6.45) is 1.66. The van der Waals surface area contributed by atoms with Crippen molar-refractivity contribution in [2.24, 2.45) is 5.73 Å². The fraction of sp³-hybridized carbons (Fsp3) is 0.200. The van der Waals surface area contributed by atoms with E-state index in [1.165, 1.54) is 0 Å². The van der Waals surface area contributed by atoms with Crippen LogP contribution in [0.3, 0.4) is 0 Å². The van der Waals surface area contributed by atoms with Crippen LogP contribution in [0.25, 0.3) is 0 Å². The summed E-state index contributed by atoms with van der Waals surface area (Å²) in [6, 6.07) is 7.70. The maximum absolute atomic E-state index is 6.05. The van der Waals surface area contributed by atoms with Gasteiger partial charge in [0.2, 0.25) is 0 Å². The molecule has 0 aliphatic rings. The molecule has 0 amide bonds. The minimum Gasteiger partial charge on any atom is -0.324 e. The van der Waals surface area contributed by atoms with E-state index in [0.29, 0.717) is 13.1 Å². The summed E-state index contributed by atoms with van der Waals surface area (Å²) in [6.45, 7) is 1.03. The molecule has 0 saturated carbocycles. The SMILES string of the molecule is NCc1nncn1Cc1ccccc1Cl. The summed E-state index contributed by atoms with van der Waals surface area (Å²) in [4.78, 5) is 0. The molecular formula is C10H11ClN4. The number of nitrogens with two attached hydrogens (primary N) is 1. The highest BCUT2D eigenvalue weighted by molar-refractivity contribution is 6.31. The first-order chi connectivity index (χ1) is 7.31. The Morgan fingerprint density at radius 3 is 2.87 bits per heavy atom. The van der Waals surface area contributed by atoms with Crippen LogP contribution in [0, 0.1) is 0 Å². The molecule has 15 heavy (non-hydrogen) atoms. The number of rotatable bonds is 3. The summed E-state index contributed by atoms with van der Waals surface area (Å²) in [5.74, 6) is 0.759. The lowest BCUT2D eigenvalue weighted by Gasteiger charge is -2.06. The van der Waals surface area contributed by atoms with Crippen LogP contribution in [0.15, 0.2) is 30.6 Å². The molecule has 0 fully saturated rings. The quantitative estimate of drug-likeness (QED) is 0.855. The van der Waals surface area contributed by atoms with Crippen LogP contribution in [0.4, 0.5) is 0 Å². The first kappa shape index (κ1) is 10.1. The van der Waals surface area contributed by atoms with Gasteiger partial charge in [-0.2, -0.15) is 0 Å². The topological polar surface area (TPSA) is 56.7 Å². The lowest BCUT2D eigenvalue weighted by atomic mass is 10.2. The largest absolute Gasteiger partial charge is 0.324 e. The second-order valence-corrected chi connectivity index (χ2v) is 3.58. The molecule has 2 N–H and O–H groups in total. The molecule has 1 aromatic heterocycles. The summed E-state index contributed by atoms with van der Waals surface area (Å²) >= 11 is 6.05. The predicted molar refractivity (Wildman–Crippen MR) is 58.5 cm³/mol. The van der Waals surface area contributed by atoms with E-state index in [2.05, 4.69) is 10.2 Å². The van der Waals surface area contributed by atoms with Crippen molar-refractivity contribution >= 4 is 11.6 Å². The van der Waals surface area contributed by atoms with Gasteiger partial charge in [0.1, 0.15) is 12.2 Å². The van der Waals surface area contributed by atoms with Crippen LogP contribution in [-0.2, 0) is 13.1 Å². The van der Waals surface area contributed by atoms with Crippen molar-refractivity contribution in [3.05, 3.63) is 47.0 Å². The number of aromatic nitrogens is 3. The van der Waals surface area contributed by atoms with E-state index >= 15 is 0 Å². The Kier molecular flexibility index (Phi) is 2.99. The van der Waals surface area contributed by atoms with Crippen molar-refractivity contribution in [2.45, 2.75) is 13.1 Å². The van der Waals surface area contributed by atoms with Gasteiger partial charge in [0.25, 0.3) is 0 Å². The van der Waals surface area contributed by atoms with Crippen molar-refractivity contribution in [1.82, 2.24) is 14.8 Å². The van der Waals surface area contributed by atoms with Crippen molar-refractivity contribution in [3.63, 3.8) is 0 Å². The fourth-order valence-electron chi connectivity index (χ4n) is 1.38. The molecule has 0 aliphatic carbocycles. The molecule has 0 atom stereocenters. The standard InChI is InChI=1S/C10H11ClN4/c11-9-4-2-1-3-8(9)6-15-7-13-14-10(15)5-12/h1-4,7H,5-6,12H2. The van der Waals surface area contributed by atoms with Gasteiger partial charge in [-0.3, -0.25) is 0 Å². The molecule has 2 rings (SSSR count). The molecule has 0 saturated heterocycles. The lowest BCUT2D eigenvalue weighted by Crippen LogP contribution is -2.08. The van der Waals surface area contributed by atoms with E-state index in [0.717, 1.165) is 16.4 Å². The molecule has 78 valence electrons. The van der Waals surface area contributed by atoms with E-state index in [1.54, 1.807) is 6.33 Å². The predicted octanol–water partition coefficient (Wildman–Crippen LogP) is 1.44. The molecule has 0 aliphatic heterocycles. The van der Waals surface area contributed by atoms with Crippen molar-refractivity contribution in [2.75, 3.05) is 0 Å². The number of nitrogens with zero attached hydrogens (tertiary/aromatic N) is 3. The van der Waals surface area contributed by atoms with Gasteiger partial charge < -0.3 is 10.3 Å². The third-order valence-electron chi connectivity index (χ3n) is 2.18. The maximum Gasteiger partial charge on any atom is 0.146 e. The molecule has 1 aromatic carbocycles. The number of benzene rings is 1. The van der Waals surface area contributed by atoms with Gasteiger partial charge in [0, 0.05) is 5.02 Å². The highest BCUT2D eigenvalue weighted by Gasteiger charge is 2.04. The van der Waals surface area contributed by atoms with E-state index in [-0.39, 0.29) is 0 Å². The van der Waals surface area contributed by atoms with Crippen LogP contribution >= 0.6 is 11.6 Å². The first-order valence-corrected chi connectivity index (χ1v) is 4.99. The maximum atomic E-state index is 6.05. The average molecular weight is 223 g/mol. The van der Waals surface area contributed by atoms with Gasteiger partial charge >= 0.3 is 0 Å². The van der Waals surface area contributed by atoms with E-state index in [4.69, 9.17) is 17.3 Å². The Morgan fingerprint density at radius 1 is 1.33 bits per heavy atom. The van der Waals surface area contributed by atoms with Crippen LogP contribution in [0.1, 0.15) is 11.4 Å². The molecule has 2 aromatic rings. The Hall–Kier alpha value is -1.39. The lowest BCUT2D eigenvalue weighted by molar-refractivity contribution is 0.724. The van der Waals surface area contributed by atoms with Gasteiger partial charge in [-0.15, -0.1) is 10.2 Å². The molecule has 0 bridgehead atoms. The number of hydrogen-bond acceptors (Lipinski definition) is 3. The van der Waals surface area contributed by atoms with E-state index in [9.17, 15) is 0 Å². The van der Waals surface area contributed by atoms with E-state index < -0.39 is 0 Å². The van der Waals surface area contributed by atoms with Crippen molar-refractivity contribution in [1.29, 1.82) is 0 Å². The Labute approximate surface area is 92.7 Å². The molecular weight excluding hydrogens is 212 g/mol.